The Morgan fingerprint density at radius 2 is 1.91 bits per heavy atom. The summed E-state index contributed by atoms with van der Waals surface area (Å²) in [5, 5.41) is 10.5. The Balaban J connectivity index is 1.47. The van der Waals surface area contributed by atoms with Crippen molar-refractivity contribution in [2.24, 2.45) is 0 Å². The van der Waals surface area contributed by atoms with Crippen LogP contribution < -0.4 is 10.3 Å². The quantitative estimate of drug-likeness (QED) is 0.495. The molecule has 1 amide bonds. The minimum Gasteiger partial charge on any atom is -0.489 e. The average molecular weight is 444 g/mol. The largest absolute Gasteiger partial charge is 0.489 e. The summed E-state index contributed by atoms with van der Waals surface area (Å²) in [6.07, 6.45) is 1.53. The van der Waals surface area contributed by atoms with E-state index in [2.05, 4.69) is 11.5 Å². The molecular formula is C26H25N3O4. The van der Waals surface area contributed by atoms with E-state index < -0.39 is 6.09 Å². The Kier molecular flexibility index (Phi) is 5.38. The number of carbonyl (C=O) groups is 1. The molecule has 3 heterocycles. The molecule has 5 rings (SSSR count). The molecule has 0 saturated heterocycles. The van der Waals surface area contributed by atoms with Gasteiger partial charge in [0.2, 0.25) is 0 Å². The van der Waals surface area contributed by atoms with Gasteiger partial charge in [0.05, 0.1) is 17.7 Å². The van der Waals surface area contributed by atoms with E-state index in [0.29, 0.717) is 31.9 Å². The lowest BCUT2D eigenvalue weighted by atomic mass is 10.0. The van der Waals surface area contributed by atoms with Crippen LogP contribution in [0.3, 0.4) is 0 Å². The number of hydrogen-bond donors (Lipinski definition) is 1. The number of aromatic nitrogens is 2. The molecule has 2 aromatic carbocycles. The van der Waals surface area contributed by atoms with E-state index in [9.17, 15) is 14.7 Å². The minimum absolute atomic E-state index is 0.170. The highest BCUT2D eigenvalue weighted by Gasteiger charge is 2.26. The lowest BCUT2D eigenvalue weighted by molar-refractivity contribution is 0.139. The third-order valence-electron chi connectivity index (χ3n) is 6.24. The van der Waals surface area contributed by atoms with Crippen molar-refractivity contribution in [2.75, 3.05) is 6.54 Å². The molecule has 1 N–H and O–H groups in total. The van der Waals surface area contributed by atoms with Gasteiger partial charge in [-0.25, -0.2) is 4.79 Å². The predicted octanol–water partition coefficient (Wildman–Crippen LogP) is 4.43. The summed E-state index contributed by atoms with van der Waals surface area (Å²) in [4.78, 5) is 25.8. The summed E-state index contributed by atoms with van der Waals surface area (Å²) in [5.41, 5.74) is 4.89. The highest BCUT2D eigenvalue weighted by molar-refractivity contribution is 5.88. The lowest BCUT2D eigenvalue weighted by Crippen LogP contribution is -2.35. The van der Waals surface area contributed by atoms with E-state index >= 15 is 0 Å². The molecule has 0 saturated carbocycles. The third kappa shape index (κ3) is 3.86. The van der Waals surface area contributed by atoms with Crippen LogP contribution in [-0.2, 0) is 26.1 Å². The molecule has 0 atom stereocenters. The van der Waals surface area contributed by atoms with Gasteiger partial charge in [-0.2, -0.15) is 0 Å². The maximum atomic E-state index is 12.9. The molecule has 0 aliphatic carbocycles. The van der Waals surface area contributed by atoms with Crippen molar-refractivity contribution in [2.45, 2.75) is 33.0 Å². The summed E-state index contributed by atoms with van der Waals surface area (Å²) >= 11 is 0. The fourth-order valence-corrected chi connectivity index (χ4v) is 4.61. The number of benzene rings is 2. The van der Waals surface area contributed by atoms with Gasteiger partial charge >= 0.3 is 6.09 Å². The van der Waals surface area contributed by atoms with Crippen LogP contribution in [0.1, 0.15) is 23.7 Å². The Morgan fingerprint density at radius 1 is 1.09 bits per heavy atom. The second-order valence-electron chi connectivity index (χ2n) is 8.17. The Bertz CT molecular complexity index is 1390. The first-order chi connectivity index (χ1) is 16.0. The maximum Gasteiger partial charge on any atom is 0.407 e. The molecular weight excluding hydrogens is 418 g/mol. The molecule has 0 spiro atoms. The van der Waals surface area contributed by atoms with Crippen LogP contribution >= 0.6 is 0 Å². The lowest BCUT2D eigenvalue weighted by Gasteiger charge is -2.25. The van der Waals surface area contributed by atoms with Crippen molar-refractivity contribution >= 4 is 17.0 Å². The van der Waals surface area contributed by atoms with Crippen LogP contribution in [0.5, 0.6) is 5.75 Å². The van der Waals surface area contributed by atoms with Crippen LogP contribution in [0.15, 0.2) is 71.7 Å². The van der Waals surface area contributed by atoms with Gasteiger partial charge in [-0.3, -0.25) is 9.36 Å². The van der Waals surface area contributed by atoms with Gasteiger partial charge in [0, 0.05) is 48.4 Å². The molecule has 0 fully saturated rings. The number of carboxylic acid groups (broad SMARTS) is 1. The highest BCUT2D eigenvalue weighted by Crippen LogP contribution is 2.32. The smallest absolute Gasteiger partial charge is 0.407 e. The molecule has 0 bridgehead atoms. The van der Waals surface area contributed by atoms with Gasteiger partial charge < -0.3 is 19.3 Å². The fraction of sp³-hybridized carbons (Fsp3) is 0.231. The van der Waals surface area contributed by atoms with Crippen LogP contribution in [0.25, 0.3) is 16.6 Å². The molecule has 0 unspecified atom stereocenters. The molecule has 1 aliphatic rings. The minimum atomic E-state index is -0.893. The second-order valence-corrected chi connectivity index (χ2v) is 8.17. The summed E-state index contributed by atoms with van der Waals surface area (Å²) in [6, 6.07) is 19.0. The molecule has 0 radical (unpaired) electrons. The van der Waals surface area contributed by atoms with E-state index in [0.717, 1.165) is 34.3 Å². The van der Waals surface area contributed by atoms with Crippen molar-refractivity contribution in [3.05, 3.63) is 94.0 Å². The molecule has 1 aliphatic heterocycles. The second kappa shape index (κ2) is 8.50. The standard InChI is InChI=1S/C26H25N3O4/c1-2-28-23-11-12-27(26(31)32)16-22(23)21-9-8-19(14-24(21)28)29-13-10-20(15-25(29)30)33-17-18-6-4-3-5-7-18/h3-10,13-15H,2,11-12,16-17H2,1H3,(H,31,32). The number of ether oxygens (including phenoxy) is 1. The Labute approximate surface area is 191 Å². The van der Waals surface area contributed by atoms with Crippen LogP contribution in [0, 0.1) is 0 Å². The molecule has 168 valence electrons. The van der Waals surface area contributed by atoms with E-state index in [4.69, 9.17) is 4.74 Å². The molecule has 7 nitrogen and oxygen atoms in total. The molecule has 2 aromatic heterocycles. The molecule has 33 heavy (non-hydrogen) atoms. The Hall–Kier alpha value is -4.00. The van der Waals surface area contributed by atoms with Gasteiger partial charge in [0.15, 0.2) is 0 Å². The maximum absolute atomic E-state index is 12.9. The van der Waals surface area contributed by atoms with Gasteiger partial charge in [-0.05, 0) is 30.7 Å². The number of rotatable bonds is 5. The Morgan fingerprint density at radius 3 is 2.64 bits per heavy atom. The first-order valence-corrected chi connectivity index (χ1v) is 11.1. The fourth-order valence-electron chi connectivity index (χ4n) is 4.61. The van der Waals surface area contributed by atoms with Crippen molar-refractivity contribution in [1.82, 2.24) is 14.0 Å². The van der Waals surface area contributed by atoms with Crippen LogP contribution in [0.4, 0.5) is 4.79 Å². The number of hydrogen-bond acceptors (Lipinski definition) is 3. The molecule has 4 aromatic rings. The number of amides is 1. The monoisotopic (exact) mass is 443 g/mol. The van der Waals surface area contributed by atoms with E-state index in [1.165, 1.54) is 16.7 Å². The van der Waals surface area contributed by atoms with Crippen molar-refractivity contribution in [3.63, 3.8) is 0 Å². The van der Waals surface area contributed by atoms with E-state index in [-0.39, 0.29) is 5.56 Å². The first kappa shape index (κ1) is 20.9. The predicted molar refractivity (Wildman–Crippen MR) is 126 cm³/mol. The van der Waals surface area contributed by atoms with Crippen molar-refractivity contribution in [1.29, 1.82) is 0 Å². The van der Waals surface area contributed by atoms with E-state index in [1.54, 1.807) is 16.8 Å². The normalized spacial score (nSPS) is 13.2. The van der Waals surface area contributed by atoms with Gasteiger partial charge in [-0.1, -0.05) is 36.4 Å². The summed E-state index contributed by atoms with van der Waals surface area (Å²) in [5.74, 6) is 0.530. The van der Waals surface area contributed by atoms with Gasteiger partial charge in [0.25, 0.3) is 5.56 Å². The average Bonchev–Trinajstić information content (AvgIpc) is 3.15. The zero-order valence-electron chi connectivity index (χ0n) is 18.4. The topological polar surface area (TPSA) is 76.7 Å². The number of fused-ring (bicyclic) bond motifs is 3. The highest BCUT2D eigenvalue weighted by atomic mass is 16.5. The van der Waals surface area contributed by atoms with Crippen LogP contribution in [-0.4, -0.2) is 31.8 Å². The zero-order chi connectivity index (χ0) is 22.9. The summed E-state index contributed by atoms with van der Waals surface area (Å²) in [6.45, 7) is 4.15. The molecule has 7 heteroatoms. The van der Waals surface area contributed by atoms with Crippen molar-refractivity contribution < 1.29 is 14.6 Å². The van der Waals surface area contributed by atoms with Crippen molar-refractivity contribution in [3.8, 4) is 11.4 Å². The van der Waals surface area contributed by atoms with Gasteiger partial charge in [-0.15, -0.1) is 0 Å². The SMILES string of the molecule is CCn1c2c(c3ccc(-n4ccc(OCc5ccccc5)cc4=O)cc31)CN(C(=O)O)CC2. The number of nitrogens with zero attached hydrogens (tertiary/aromatic N) is 3. The number of pyridine rings is 1. The summed E-state index contributed by atoms with van der Waals surface area (Å²) in [7, 11) is 0. The first-order valence-electron chi connectivity index (χ1n) is 11.1. The van der Waals surface area contributed by atoms with E-state index in [1.807, 2.05) is 48.5 Å². The zero-order valence-corrected chi connectivity index (χ0v) is 18.4. The van der Waals surface area contributed by atoms with Crippen LogP contribution in [0.2, 0.25) is 0 Å². The summed E-state index contributed by atoms with van der Waals surface area (Å²) < 4.78 is 9.62. The van der Waals surface area contributed by atoms with Gasteiger partial charge in [0.1, 0.15) is 12.4 Å². The third-order valence-corrected chi connectivity index (χ3v) is 6.24. The number of aryl methyl sites for hydroxylation is 1.